The van der Waals surface area contributed by atoms with Gasteiger partial charge in [-0.1, -0.05) is 167 Å². The number of hydrogen-bond acceptors (Lipinski definition) is 6. The summed E-state index contributed by atoms with van der Waals surface area (Å²) in [6, 6.07) is -0.870. The standard InChI is InChI=1S/C38H75N2O6P/c1-3-5-7-9-11-13-14-15-16-17-18-19-20-21-22-24-25-27-29-31-37(41)36(35-46-47(43,44)45-34-33-39)40-38(42)32-30-28-26-23-12-10-8-6-4-2/h22,24,29,31,36-37,41H,3-21,23,25-28,30,32-35,39H2,1-2H3,(H,40,42)(H,43,44)/b24-22+,31-29+. The van der Waals surface area contributed by atoms with Crippen LogP contribution in [0.5, 0.6) is 0 Å². The summed E-state index contributed by atoms with van der Waals surface area (Å²) >= 11 is 0. The first-order chi connectivity index (χ1) is 22.9. The molecule has 0 aliphatic heterocycles. The zero-order valence-corrected chi connectivity index (χ0v) is 31.4. The van der Waals surface area contributed by atoms with Gasteiger partial charge in [0.1, 0.15) is 0 Å². The van der Waals surface area contributed by atoms with Crippen molar-refractivity contribution in [1.29, 1.82) is 0 Å². The molecule has 0 aliphatic carbocycles. The van der Waals surface area contributed by atoms with Crippen LogP contribution in [0.15, 0.2) is 24.3 Å². The van der Waals surface area contributed by atoms with E-state index in [1.807, 2.05) is 6.08 Å². The molecule has 0 saturated carbocycles. The van der Waals surface area contributed by atoms with Crippen molar-refractivity contribution < 1.29 is 28.4 Å². The molecule has 3 atom stereocenters. The quantitative estimate of drug-likeness (QED) is 0.0293. The second kappa shape index (κ2) is 34.8. The third-order valence-corrected chi connectivity index (χ3v) is 9.51. The Labute approximate surface area is 289 Å². The number of nitrogens with one attached hydrogen (secondary N) is 1. The summed E-state index contributed by atoms with van der Waals surface area (Å²) < 4.78 is 22.0. The van der Waals surface area contributed by atoms with Gasteiger partial charge >= 0.3 is 7.82 Å². The zero-order valence-electron chi connectivity index (χ0n) is 30.5. The molecule has 0 aromatic carbocycles. The molecule has 278 valence electrons. The summed E-state index contributed by atoms with van der Waals surface area (Å²) in [4.78, 5) is 22.5. The Morgan fingerprint density at radius 1 is 0.681 bits per heavy atom. The van der Waals surface area contributed by atoms with Crippen LogP contribution in [-0.4, -0.2) is 47.8 Å². The molecule has 0 saturated heterocycles. The molecule has 3 unspecified atom stereocenters. The lowest BCUT2D eigenvalue weighted by Gasteiger charge is -2.23. The Balaban J connectivity index is 4.27. The fourth-order valence-electron chi connectivity index (χ4n) is 5.56. The molecular formula is C38H75N2O6P. The van der Waals surface area contributed by atoms with Crippen LogP contribution in [0.2, 0.25) is 0 Å². The second-order valence-corrected chi connectivity index (χ2v) is 14.6. The van der Waals surface area contributed by atoms with Crippen molar-refractivity contribution in [3.05, 3.63) is 24.3 Å². The number of carbonyl (C=O) groups is 1. The van der Waals surface area contributed by atoms with Crippen LogP contribution in [0, 0.1) is 0 Å². The number of rotatable bonds is 36. The monoisotopic (exact) mass is 687 g/mol. The first-order valence-electron chi connectivity index (χ1n) is 19.5. The number of unbranched alkanes of at least 4 members (excludes halogenated alkanes) is 22. The average molecular weight is 687 g/mol. The van der Waals surface area contributed by atoms with Crippen LogP contribution in [0.1, 0.15) is 181 Å². The van der Waals surface area contributed by atoms with Gasteiger partial charge in [0.15, 0.2) is 0 Å². The molecule has 9 heteroatoms. The SMILES string of the molecule is CCCCCCCCCCCCCCC/C=C/CC/C=C/C(O)C(COP(=O)(O)OCCN)NC(=O)CCCCCCCCCCC. The molecule has 1 amide bonds. The van der Waals surface area contributed by atoms with Crippen LogP contribution < -0.4 is 11.1 Å². The van der Waals surface area contributed by atoms with Gasteiger partial charge in [0.2, 0.25) is 5.91 Å². The molecule has 0 fully saturated rings. The van der Waals surface area contributed by atoms with Gasteiger partial charge in [0, 0.05) is 13.0 Å². The minimum absolute atomic E-state index is 0.0754. The summed E-state index contributed by atoms with van der Waals surface area (Å²) in [5, 5.41) is 13.6. The van der Waals surface area contributed by atoms with Crippen LogP contribution in [0.4, 0.5) is 0 Å². The lowest BCUT2D eigenvalue weighted by Crippen LogP contribution is -2.45. The largest absolute Gasteiger partial charge is 0.472 e. The molecule has 47 heavy (non-hydrogen) atoms. The van der Waals surface area contributed by atoms with Crippen molar-refractivity contribution in [2.24, 2.45) is 5.73 Å². The van der Waals surface area contributed by atoms with Gasteiger partial charge < -0.3 is 21.1 Å². The maximum Gasteiger partial charge on any atom is 0.472 e. The summed E-state index contributed by atoms with van der Waals surface area (Å²) in [5.74, 6) is -0.208. The number of hydrogen-bond donors (Lipinski definition) is 4. The minimum Gasteiger partial charge on any atom is -0.387 e. The first kappa shape index (κ1) is 46.0. The van der Waals surface area contributed by atoms with Gasteiger partial charge in [0.25, 0.3) is 0 Å². The van der Waals surface area contributed by atoms with Gasteiger partial charge in [-0.3, -0.25) is 13.8 Å². The Kier molecular flexibility index (Phi) is 34.1. The van der Waals surface area contributed by atoms with Crippen molar-refractivity contribution >= 4 is 13.7 Å². The zero-order chi connectivity index (χ0) is 34.7. The molecule has 0 aliphatic rings. The summed E-state index contributed by atoms with van der Waals surface area (Å²) in [5.41, 5.74) is 5.35. The van der Waals surface area contributed by atoms with Crippen LogP contribution in [-0.2, 0) is 18.4 Å². The molecular weight excluding hydrogens is 611 g/mol. The number of amides is 1. The van der Waals surface area contributed by atoms with E-state index in [9.17, 15) is 19.4 Å². The molecule has 0 aromatic heterocycles. The molecule has 0 bridgehead atoms. The number of phosphoric ester groups is 1. The summed E-state index contributed by atoms with van der Waals surface area (Å²) in [7, 11) is -4.33. The highest BCUT2D eigenvalue weighted by atomic mass is 31.2. The Bertz CT molecular complexity index is 794. The molecule has 8 nitrogen and oxygen atoms in total. The van der Waals surface area contributed by atoms with Crippen molar-refractivity contribution in [3.8, 4) is 0 Å². The van der Waals surface area contributed by atoms with Gasteiger partial charge in [-0.25, -0.2) is 4.57 Å². The van der Waals surface area contributed by atoms with E-state index in [-0.39, 0.29) is 25.7 Å². The number of phosphoric acid groups is 1. The van der Waals surface area contributed by atoms with Gasteiger partial charge in [-0.05, 0) is 32.1 Å². The van der Waals surface area contributed by atoms with E-state index >= 15 is 0 Å². The predicted octanol–water partition coefficient (Wildman–Crippen LogP) is 10.2. The minimum atomic E-state index is -4.33. The highest BCUT2D eigenvalue weighted by Gasteiger charge is 2.26. The Morgan fingerprint density at radius 2 is 1.13 bits per heavy atom. The molecule has 0 heterocycles. The molecule has 5 N–H and O–H groups in total. The van der Waals surface area contributed by atoms with Crippen molar-refractivity contribution in [2.75, 3.05) is 19.8 Å². The normalized spacial score (nSPS) is 14.6. The summed E-state index contributed by atoms with van der Waals surface area (Å²) in [6.45, 7) is 4.08. The molecule has 0 aromatic rings. The van der Waals surface area contributed by atoms with E-state index in [1.165, 1.54) is 122 Å². The number of nitrogens with two attached hydrogens (primary N) is 1. The Hall–Kier alpha value is -1.02. The lowest BCUT2D eigenvalue weighted by molar-refractivity contribution is -0.123. The number of aliphatic hydroxyl groups is 1. The maximum absolute atomic E-state index is 12.6. The Morgan fingerprint density at radius 3 is 1.64 bits per heavy atom. The van der Waals surface area contributed by atoms with E-state index in [2.05, 4.69) is 31.3 Å². The second-order valence-electron chi connectivity index (χ2n) is 13.1. The van der Waals surface area contributed by atoms with Crippen molar-refractivity contribution in [3.63, 3.8) is 0 Å². The summed E-state index contributed by atoms with van der Waals surface area (Å²) in [6.07, 6.45) is 38.1. The third-order valence-electron chi connectivity index (χ3n) is 8.53. The van der Waals surface area contributed by atoms with E-state index in [0.717, 1.165) is 38.5 Å². The van der Waals surface area contributed by atoms with E-state index < -0.39 is 20.0 Å². The van der Waals surface area contributed by atoms with Crippen molar-refractivity contribution in [2.45, 2.75) is 193 Å². The molecule has 0 spiro atoms. The first-order valence-corrected chi connectivity index (χ1v) is 21.0. The maximum atomic E-state index is 12.6. The number of carbonyl (C=O) groups excluding carboxylic acids is 1. The average Bonchev–Trinajstić information content (AvgIpc) is 3.05. The van der Waals surface area contributed by atoms with Gasteiger partial charge in [-0.2, -0.15) is 0 Å². The fraction of sp³-hybridized carbons (Fsp3) is 0.868. The lowest BCUT2D eigenvalue weighted by atomic mass is 10.0. The predicted molar refractivity (Wildman–Crippen MR) is 198 cm³/mol. The van der Waals surface area contributed by atoms with Crippen LogP contribution in [0.25, 0.3) is 0 Å². The highest BCUT2D eigenvalue weighted by molar-refractivity contribution is 7.47. The van der Waals surface area contributed by atoms with Crippen molar-refractivity contribution in [1.82, 2.24) is 5.32 Å². The van der Waals surface area contributed by atoms with E-state index in [4.69, 9.17) is 14.8 Å². The van der Waals surface area contributed by atoms with E-state index in [0.29, 0.717) is 6.42 Å². The highest BCUT2D eigenvalue weighted by Crippen LogP contribution is 2.43. The number of aliphatic hydroxyl groups excluding tert-OH is 1. The smallest absolute Gasteiger partial charge is 0.387 e. The molecule has 0 rings (SSSR count). The number of allylic oxidation sites excluding steroid dienone is 3. The van der Waals surface area contributed by atoms with Gasteiger partial charge in [0.05, 0.1) is 25.4 Å². The van der Waals surface area contributed by atoms with Crippen LogP contribution in [0.3, 0.4) is 0 Å². The van der Waals surface area contributed by atoms with Crippen LogP contribution >= 0.6 is 7.82 Å². The molecule has 0 radical (unpaired) electrons. The fourth-order valence-corrected chi connectivity index (χ4v) is 6.32. The topological polar surface area (TPSA) is 131 Å². The third kappa shape index (κ3) is 33.3. The van der Waals surface area contributed by atoms with E-state index in [1.54, 1.807) is 6.08 Å². The van der Waals surface area contributed by atoms with Gasteiger partial charge in [-0.15, -0.1) is 0 Å².